The van der Waals surface area contributed by atoms with Gasteiger partial charge in [-0.05, 0) is 54.6 Å². The molecule has 0 unspecified atom stereocenters. The van der Waals surface area contributed by atoms with Crippen LogP contribution in [0.15, 0.2) is 84.1 Å². The Morgan fingerprint density at radius 1 is 0.941 bits per heavy atom. The quantitative estimate of drug-likeness (QED) is 0.230. The van der Waals surface area contributed by atoms with Gasteiger partial charge in [-0.15, -0.1) is 0 Å². The third-order valence-corrected chi connectivity index (χ3v) is 5.37. The number of nitrogens with zero attached hydrogens (tertiary/aromatic N) is 3. The SMILES string of the molecule is O=C(N/N=C/c1cn(-c2ccccc2)nc1-c1ccc(F)cc1)C(=O)Nc1ccc(Cl)c(Cl)c1. The largest absolute Gasteiger partial charge is 0.329 e. The fourth-order valence-electron chi connectivity index (χ4n) is 3.00. The molecule has 0 saturated carbocycles. The van der Waals surface area contributed by atoms with E-state index >= 15 is 0 Å². The fourth-order valence-corrected chi connectivity index (χ4v) is 3.30. The van der Waals surface area contributed by atoms with Crippen LogP contribution in [0.1, 0.15) is 5.56 Å². The zero-order chi connectivity index (χ0) is 24.1. The van der Waals surface area contributed by atoms with Gasteiger partial charge in [0.15, 0.2) is 0 Å². The van der Waals surface area contributed by atoms with Gasteiger partial charge in [0.25, 0.3) is 0 Å². The second-order valence-corrected chi connectivity index (χ2v) is 7.82. The van der Waals surface area contributed by atoms with Gasteiger partial charge in [-0.25, -0.2) is 14.5 Å². The molecule has 7 nitrogen and oxygen atoms in total. The smallest absolute Gasteiger partial charge is 0.318 e. The summed E-state index contributed by atoms with van der Waals surface area (Å²) in [4.78, 5) is 24.3. The van der Waals surface area contributed by atoms with Crippen LogP contribution in [0.4, 0.5) is 10.1 Å². The summed E-state index contributed by atoms with van der Waals surface area (Å²) in [6.07, 6.45) is 3.06. The zero-order valence-electron chi connectivity index (χ0n) is 17.4. The number of rotatable bonds is 5. The van der Waals surface area contributed by atoms with E-state index < -0.39 is 11.8 Å². The number of carbonyl (C=O) groups excluding carboxylic acids is 2. The lowest BCUT2D eigenvalue weighted by Crippen LogP contribution is -2.32. The molecule has 1 heterocycles. The number of carbonyl (C=O) groups is 2. The van der Waals surface area contributed by atoms with Crippen molar-refractivity contribution in [3.8, 4) is 16.9 Å². The molecule has 0 aliphatic rings. The van der Waals surface area contributed by atoms with Crippen LogP contribution in [0, 0.1) is 5.82 Å². The van der Waals surface area contributed by atoms with Crippen molar-refractivity contribution in [1.29, 1.82) is 0 Å². The molecule has 170 valence electrons. The Labute approximate surface area is 203 Å². The Morgan fingerprint density at radius 3 is 2.38 bits per heavy atom. The highest BCUT2D eigenvalue weighted by Crippen LogP contribution is 2.25. The van der Waals surface area contributed by atoms with Gasteiger partial charge in [0, 0.05) is 23.0 Å². The minimum absolute atomic E-state index is 0.238. The Hall–Kier alpha value is -4.01. The van der Waals surface area contributed by atoms with Crippen LogP contribution in [0.5, 0.6) is 0 Å². The maximum Gasteiger partial charge on any atom is 0.329 e. The van der Waals surface area contributed by atoms with Crippen molar-refractivity contribution in [1.82, 2.24) is 15.2 Å². The average molecular weight is 496 g/mol. The molecule has 34 heavy (non-hydrogen) atoms. The molecular formula is C24H16Cl2FN5O2. The topological polar surface area (TPSA) is 88.4 Å². The molecular weight excluding hydrogens is 480 g/mol. The van der Waals surface area contributed by atoms with Gasteiger partial charge in [-0.1, -0.05) is 41.4 Å². The lowest BCUT2D eigenvalue weighted by Gasteiger charge is -2.05. The molecule has 0 spiro atoms. The van der Waals surface area contributed by atoms with Gasteiger partial charge in [0.2, 0.25) is 0 Å². The van der Waals surface area contributed by atoms with Crippen LogP contribution >= 0.6 is 23.2 Å². The van der Waals surface area contributed by atoms with Crippen LogP contribution < -0.4 is 10.7 Å². The number of aromatic nitrogens is 2. The summed E-state index contributed by atoms with van der Waals surface area (Å²) in [5.41, 5.74) is 5.00. The van der Waals surface area contributed by atoms with Crippen LogP contribution in [0.2, 0.25) is 10.0 Å². The molecule has 0 radical (unpaired) electrons. The monoisotopic (exact) mass is 495 g/mol. The van der Waals surface area contributed by atoms with Crippen LogP contribution in [-0.4, -0.2) is 27.8 Å². The number of hydrogen-bond donors (Lipinski definition) is 2. The van der Waals surface area contributed by atoms with Crippen molar-refractivity contribution in [3.63, 3.8) is 0 Å². The molecule has 0 atom stereocenters. The predicted molar refractivity (Wildman–Crippen MR) is 130 cm³/mol. The van der Waals surface area contributed by atoms with Crippen molar-refractivity contribution >= 4 is 46.9 Å². The van der Waals surface area contributed by atoms with Gasteiger partial charge in [-0.2, -0.15) is 10.2 Å². The van der Waals surface area contributed by atoms with Gasteiger partial charge in [0.1, 0.15) is 11.5 Å². The van der Waals surface area contributed by atoms with Crippen molar-refractivity contribution in [2.24, 2.45) is 5.10 Å². The first-order valence-electron chi connectivity index (χ1n) is 9.91. The molecule has 2 amide bonds. The van der Waals surface area contributed by atoms with E-state index in [1.807, 2.05) is 30.3 Å². The minimum Gasteiger partial charge on any atom is -0.318 e. The lowest BCUT2D eigenvalue weighted by molar-refractivity contribution is -0.136. The van der Waals surface area contributed by atoms with Crippen molar-refractivity contribution in [2.45, 2.75) is 0 Å². The Balaban J connectivity index is 1.52. The summed E-state index contributed by atoms with van der Waals surface area (Å²) in [5.74, 6) is -2.29. The van der Waals surface area contributed by atoms with E-state index in [9.17, 15) is 14.0 Å². The summed E-state index contributed by atoms with van der Waals surface area (Å²) in [6, 6.07) is 19.6. The first-order chi connectivity index (χ1) is 16.4. The van der Waals surface area contributed by atoms with Gasteiger partial charge >= 0.3 is 11.8 Å². The second kappa shape index (κ2) is 10.3. The van der Waals surface area contributed by atoms with Crippen LogP contribution in [0.3, 0.4) is 0 Å². The lowest BCUT2D eigenvalue weighted by atomic mass is 10.1. The average Bonchev–Trinajstić information content (AvgIpc) is 3.26. The molecule has 3 aromatic carbocycles. The Bertz CT molecular complexity index is 1370. The third-order valence-electron chi connectivity index (χ3n) is 4.63. The molecule has 0 aliphatic heterocycles. The summed E-state index contributed by atoms with van der Waals surface area (Å²) in [5, 5.41) is 11.4. The molecule has 0 saturated heterocycles. The fraction of sp³-hybridized carbons (Fsp3) is 0. The highest BCUT2D eigenvalue weighted by molar-refractivity contribution is 6.43. The number of hydrogen-bond acceptors (Lipinski definition) is 4. The maximum atomic E-state index is 13.4. The third kappa shape index (κ3) is 5.48. The van der Waals surface area contributed by atoms with Gasteiger partial charge < -0.3 is 5.32 Å². The number of nitrogens with one attached hydrogen (secondary N) is 2. The summed E-state index contributed by atoms with van der Waals surface area (Å²) in [7, 11) is 0. The molecule has 0 bridgehead atoms. The Morgan fingerprint density at radius 2 is 1.68 bits per heavy atom. The van der Waals surface area contributed by atoms with E-state index in [-0.39, 0.29) is 10.8 Å². The molecule has 0 aliphatic carbocycles. The second-order valence-electron chi connectivity index (χ2n) is 7.00. The molecule has 0 fully saturated rings. The van der Waals surface area contributed by atoms with Crippen molar-refractivity contribution in [2.75, 3.05) is 5.32 Å². The number of anilines is 1. The van der Waals surface area contributed by atoms with Crippen LogP contribution in [-0.2, 0) is 9.59 Å². The van der Waals surface area contributed by atoms with E-state index in [1.54, 1.807) is 23.0 Å². The number of para-hydroxylation sites is 1. The first kappa shape index (κ1) is 23.2. The van der Waals surface area contributed by atoms with E-state index in [1.165, 1.54) is 36.5 Å². The Kier molecular flexibility index (Phi) is 7.01. The predicted octanol–water partition coefficient (Wildman–Crippen LogP) is 5.07. The first-order valence-corrected chi connectivity index (χ1v) is 10.7. The molecule has 10 heteroatoms. The number of benzene rings is 3. The summed E-state index contributed by atoms with van der Waals surface area (Å²) < 4.78 is 15.0. The van der Waals surface area contributed by atoms with Crippen LogP contribution in [0.25, 0.3) is 16.9 Å². The number of amides is 2. The van der Waals surface area contributed by atoms with Crippen molar-refractivity contribution < 1.29 is 14.0 Å². The standard InChI is InChI=1S/C24H16Cl2FN5O2/c25-20-11-10-18(12-21(20)26)29-23(33)24(34)30-28-13-16-14-32(19-4-2-1-3-5-19)31-22(16)15-6-8-17(27)9-7-15/h1-14H,(H,29,33)(H,30,34)/b28-13+. The molecule has 2 N–H and O–H groups in total. The van der Waals surface area contributed by atoms with E-state index in [4.69, 9.17) is 23.2 Å². The minimum atomic E-state index is -0.985. The summed E-state index contributed by atoms with van der Waals surface area (Å²) in [6.45, 7) is 0. The normalized spacial score (nSPS) is 10.9. The zero-order valence-corrected chi connectivity index (χ0v) is 18.9. The van der Waals surface area contributed by atoms with Crippen molar-refractivity contribution in [3.05, 3.63) is 100 Å². The molecule has 4 aromatic rings. The van der Waals surface area contributed by atoms with E-state index in [0.717, 1.165) is 5.69 Å². The number of halogens is 3. The number of hydrazone groups is 1. The van der Waals surface area contributed by atoms with Gasteiger partial charge in [0.05, 0.1) is 21.9 Å². The van der Waals surface area contributed by atoms with Gasteiger partial charge in [-0.3, -0.25) is 9.59 Å². The highest BCUT2D eigenvalue weighted by Gasteiger charge is 2.15. The molecule has 4 rings (SSSR count). The van der Waals surface area contributed by atoms with E-state index in [0.29, 0.717) is 27.5 Å². The summed E-state index contributed by atoms with van der Waals surface area (Å²) >= 11 is 11.8. The highest BCUT2D eigenvalue weighted by atomic mass is 35.5. The molecule has 1 aromatic heterocycles. The van der Waals surface area contributed by atoms with E-state index in [2.05, 4.69) is 20.9 Å². The maximum absolute atomic E-state index is 13.4.